The first-order chi connectivity index (χ1) is 7.81. The van der Waals surface area contributed by atoms with Crippen molar-refractivity contribution >= 4 is 11.9 Å². The SMILES string of the molecule is CCCO[NH+]1N=CC=C1c1cccc(C)c1. The number of aryl methyl sites for hydroxylation is 1. The van der Waals surface area contributed by atoms with Crippen molar-refractivity contribution in [2.24, 2.45) is 5.10 Å². The van der Waals surface area contributed by atoms with Crippen LogP contribution >= 0.6 is 0 Å². The van der Waals surface area contributed by atoms with E-state index in [9.17, 15) is 0 Å². The Morgan fingerprint density at radius 3 is 3.00 bits per heavy atom. The van der Waals surface area contributed by atoms with Gasteiger partial charge in [-0.05, 0) is 30.6 Å². The van der Waals surface area contributed by atoms with Crippen LogP contribution in [0, 0.1) is 6.92 Å². The molecule has 0 saturated carbocycles. The van der Waals surface area contributed by atoms with Gasteiger partial charge < -0.3 is 0 Å². The Morgan fingerprint density at radius 2 is 2.25 bits per heavy atom. The first-order valence-electron chi connectivity index (χ1n) is 5.63. The Hall–Kier alpha value is -1.45. The second-order valence-corrected chi connectivity index (χ2v) is 3.88. The maximum atomic E-state index is 5.61. The number of hydrogen-bond acceptors (Lipinski definition) is 2. The molecule has 0 aliphatic carbocycles. The molecule has 1 aromatic carbocycles. The van der Waals surface area contributed by atoms with E-state index >= 15 is 0 Å². The van der Waals surface area contributed by atoms with Gasteiger partial charge in [0, 0.05) is 11.6 Å². The van der Waals surface area contributed by atoms with Crippen molar-refractivity contribution < 1.29 is 10.0 Å². The van der Waals surface area contributed by atoms with E-state index in [1.165, 1.54) is 11.1 Å². The second kappa shape index (κ2) is 5.05. The summed E-state index contributed by atoms with van der Waals surface area (Å²) in [5.74, 6) is 0. The van der Waals surface area contributed by atoms with E-state index in [4.69, 9.17) is 4.84 Å². The minimum atomic E-state index is 0.718. The summed E-state index contributed by atoms with van der Waals surface area (Å²) in [4.78, 5) is 5.61. The summed E-state index contributed by atoms with van der Waals surface area (Å²) in [6.45, 7) is 4.90. The quantitative estimate of drug-likeness (QED) is 0.814. The lowest BCUT2D eigenvalue weighted by molar-refractivity contribution is -1.04. The highest BCUT2D eigenvalue weighted by Crippen LogP contribution is 2.11. The summed E-state index contributed by atoms with van der Waals surface area (Å²) >= 11 is 0. The van der Waals surface area contributed by atoms with Crippen molar-refractivity contribution in [1.29, 1.82) is 0 Å². The third kappa shape index (κ3) is 2.38. The summed E-state index contributed by atoms with van der Waals surface area (Å²) < 4.78 is 0. The van der Waals surface area contributed by atoms with Gasteiger partial charge >= 0.3 is 0 Å². The third-order valence-corrected chi connectivity index (χ3v) is 2.44. The standard InChI is InChI=1S/C13H16N2O/c1-3-9-16-15-13(7-8-14-15)12-6-4-5-11(2)10-12/h4-8,10H,3,9H2,1-2H3/p+1. The zero-order valence-electron chi connectivity index (χ0n) is 9.73. The van der Waals surface area contributed by atoms with Gasteiger partial charge in [0.05, 0.1) is 6.21 Å². The Bertz CT molecular complexity index is 424. The van der Waals surface area contributed by atoms with Crippen LogP contribution < -0.4 is 5.17 Å². The average molecular weight is 217 g/mol. The molecule has 0 spiro atoms. The molecule has 1 heterocycles. The van der Waals surface area contributed by atoms with Crippen LogP contribution in [0.3, 0.4) is 0 Å². The van der Waals surface area contributed by atoms with Crippen molar-refractivity contribution in [3.63, 3.8) is 0 Å². The average Bonchev–Trinajstić information content (AvgIpc) is 2.74. The van der Waals surface area contributed by atoms with E-state index in [-0.39, 0.29) is 0 Å². The number of benzene rings is 1. The van der Waals surface area contributed by atoms with Crippen molar-refractivity contribution in [3.05, 3.63) is 41.5 Å². The maximum Gasteiger partial charge on any atom is 0.200 e. The van der Waals surface area contributed by atoms with Crippen LogP contribution in [0.4, 0.5) is 0 Å². The smallest absolute Gasteiger partial charge is 0.171 e. The van der Waals surface area contributed by atoms with Crippen LogP contribution in [-0.4, -0.2) is 12.8 Å². The predicted octanol–water partition coefficient (Wildman–Crippen LogP) is 1.56. The molecule has 0 bridgehead atoms. The van der Waals surface area contributed by atoms with Gasteiger partial charge in [-0.25, -0.2) is 0 Å². The van der Waals surface area contributed by atoms with Gasteiger partial charge in [-0.1, -0.05) is 29.7 Å². The molecule has 84 valence electrons. The molecule has 1 N–H and O–H groups in total. The molecule has 1 aliphatic rings. The van der Waals surface area contributed by atoms with E-state index in [1.807, 2.05) is 6.08 Å². The normalized spacial score (nSPS) is 18.9. The molecule has 1 unspecified atom stereocenters. The van der Waals surface area contributed by atoms with Gasteiger partial charge in [0.15, 0.2) is 5.70 Å². The zero-order valence-corrected chi connectivity index (χ0v) is 9.73. The lowest BCUT2D eigenvalue weighted by Crippen LogP contribution is -3.02. The number of allylic oxidation sites excluding steroid dienone is 1. The van der Waals surface area contributed by atoms with Gasteiger partial charge in [0.1, 0.15) is 6.61 Å². The molecule has 3 heteroatoms. The van der Waals surface area contributed by atoms with E-state index < -0.39 is 0 Å². The maximum absolute atomic E-state index is 5.61. The highest BCUT2D eigenvalue weighted by molar-refractivity contribution is 5.83. The Labute approximate surface area is 96.0 Å². The molecular formula is C13H17N2O+. The van der Waals surface area contributed by atoms with Crippen LogP contribution in [0.2, 0.25) is 0 Å². The predicted molar refractivity (Wildman–Crippen MR) is 64.9 cm³/mol. The minimum absolute atomic E-state index is 0.718. The van der Waals surface area contributed by atoms with Crippen LogP contribution in [0.5, 0.6) is 0 Å². The molecule has 0 radical (unpaired) electrons. The molecule has 1 aromatic rings. The van der Waals surface area contributed by atoms with Gasteiger partial charge in [0.25, 0.3) is 0 Å². The Balaban J connectivity index is 2.15. The lowest BCUT2D eigenvalue weighted by Gasteiger charge is -2.10. The summed E-state index contributed by atoms with van der Waals surface area (Å²) in [5, 5.41) is 4.98. The van der Waals surface area contributed by atoms with Crippen molar-refractivity contribution in [2.45, 2.75) is 20.3 Å². The first kappa shape index (κ1) is 11.0. The number of rotatable bonds is 4. The number of nitrogens with one attached hydrogen (secondary N) is 1. The fourth-order valence-electron chi connectivity index (χ4n) is 1.67. The molecule has 0 amide bonds. The van der Waals surface area contributed by atoms with Crippen LogP contribution in [-0.2, 0) is 4.84 Å². The molecule has 2 rings (SSSR count). The monoisotopic (exact) mass is 217 g/mol. The summed E-state index contributed by atoms with van der Waals surface area (Å²) in [6, 6.07) is 8.38. The Morgan fingerprint density at radius 1 is 1.38 bits per heavy atom. The minimum Gasteiger partial charge on any atom is -0.171 e. The molecule has 16 heavy (non-hydrogen) atoms. The number of hydrogen-bond donors (Lipinski definition) is 1. The lowest BCUT2D eigenvalue weighted by atomic mass is 10.1. The van der Waals surface area contributed by atoms with E-state index in [2.05, 4.69) is 43.2 Å². The van der Waals surface area contributed by atoms with E-state index in [0.717, 1.165) is 23.9 Å². The van der Waals surface area contributed by atoms with Crippen LogP contribution in [0.15, 0.2) is 35.4 Å². The first-order valence-corrected chi connectivity index (χ1v) is 5.63. The molecule has 0 aromatic heterocycles. The van der Waals surface area contributed by atoms with Gasteiger partial charge in [0.2, 0.25) is 0 Å². The number of nitrogens with zero attached hydrogens (tertiary/aromatic N) is 1. The van der Waals surface area contributed by atoms with Crippen molar-refractivity contribution in [3.8, 4) is 0 Å². The number of quaternary nitrogens is 1. The Kier molecular flexibility index (Phi) is 3.49. The van der Waals surface area contributed by atoms with Gasteiger partial charge in [-0.3, -0.25) is 0 Å². The fourth-order valence-corrected chi connectivity index (χ4v) is 1.67. The second-order valence-electron chi connectivity index (χ2n) is 3.88. The van der Waals surface area contributed by atoms with Crippen LogP contribution in [0.25, 0.3) is 5.70 Å². The van der Waals surface area contributed by atoms with Crippen molar-refractivity contribution in [2.75, 3.05) is 6.61 Å². The molecule has 3 nitrogen and oxygen atoms in total. The van der Waals surface area contributed by atoms with E-state index in [1.54, 1.807) is 6.21 Å². The zero-order chi connectivity index (χ0) is 11.4. The topological polar surface area (TPSA) is 26.0 Å². The van der Waals surface area contributed by atoms with Gasteiger partial charge in [-0.2, -0.15) is 4.84 Å². The molecule has 1 aliphatic heterocycles. The molecular weight excluding hydrogens is 200 g/mol. The summed E-state index contributed by atoms with van der Waals surface area (Å²) in [5.41, 5.74) is 3.50. The summed E-state index contributed by atoms with van der Waals surface area (Å²) in [7, 11) is 0. The molecule has 0 fully saturated rings. The molecule has 0 saturated heterocycles. The number of hydroxylamine groups is 1. The fraction of sp³-hybridized carbons (Fsp3) is 0.308. The highest BCUT2D eigenvalue weighted by Gasteiger charge is 2.21. The van der Waals surface area contributed by atoms with Crippen molar-refractivity contribution in [1.82, 2.24) is 0 Å². The summed E-state index contributed by atoms with van der Waals surface area (Å²) in [6.07, 6.45) is 4.79. The highest BCUT2D eigenvalue weighted by atomic mass is 16.7. The van der Waals surface area contributed by atoms with Crippen LogP contribution in [0.1, 0.15) is 24.5 Å². The largest absolute Gasteiger partial charge is 0.200 e. The third-order valence-electron chi connectivity index (χ3n) is 2.44. The van der Waals surface area contributed by atoms with E-state index in [0.29, 0.717) is 0 Å². The van der Waals surface area contributed by atoms with Gasteiger partial charge in [-0.15, -0.1) is 0 Å². The molecule has 1 atom stereocenters.